The number of hydrogen-bond acceptors (Lipinski definition) is 2. The Morgan fingerprint density at radius 1 is 1.12 bits per heavy atom. The molecule has 0 spiro atoms. The van der Waals surface area contributed by atoms with Crippen molar-refractivity contribution in [1.29, 1.82) is 0 Å². The molecule has 0 saturated carbocycles. The van der Waals surface area contributed by atoms with Crippen LogP contribution in [0, 0.1) is 13.8 Å². The predicted octanol–water partition coefficient (Wildman–Crippen LogP) is 4.34. The van der Waals surface area contributed by atoms with Crippen LogP contribution in [0.1, 0.15) is 34.3 Å². The fourth-order valence-electron chi connectivity index (χ4n) is 2.84. The number of benzene rings is 2. The molecule has 1 aliphatic heterocycles. The van der Waals surface area contributed by atoms with E-state index in [2.05, 4.69) is 5.32 Å². The first-order chi connectivity index (χ1) is 11.5. The number of anilines is 2. The summed E-state index contributed by atoms with van der Waals surface area (Å²) in [4.78, 5) is 26.4. The van der Waals surface area contributed by atoms with Gasteiger partial charge in [0, 0.05) is 23.7 Å². The van der Waals surface area contributed by atoms with Crippen LogP contribution in [0.2, 0.25) is 5.02 Å². The largest absolute Gasteiger partial charge is 0.322 e. The fraction of sp³-hybridized carbons (Fsp3) is 0.263. The Hall–Kier alpha value is -2.33. The van der Waals surface area contributed by atoms with Crippen molar-refractivity contribution in [2.24, 2.45) is 0 Å². The highest BCUT2D eigenvalue weighted by Crippen LogP contribution is 2.29. The summed E-state index contributed by atoms with van der Waals surface area (Å²) in [6.45, 7) is 4.64. The van der Waals surface area contributed by atoms with Gasteiger partial charge in [0.05, 0.1) is 11.3 Å². The Morgan fingerprint density at radius 2 is 1.92 bits per heavy atom. The topological polar surface area (TPSA) is 49.4 Å². The summed E-state index contributed by atoms with van der Waals surface area (Å²) in [5.41, 5.74) is 4.04. The Bertz CT molecular complexity index is 817. The maximum Gasteiger partial charge on any atom is 0.257 e. The smallest absolute Gasteiger partial charge is 0.257 e. The molecule has 5 heteroatoms. The lowest BCUT2D eigenvalue weighted by Crippen LogP contribution is -2.27. The zero-order valence-electron chi connectivity index (χ0n) is 13.7. The van der Waals surface area contributed by atoms with E-state index in [9.17, 15) is 9.59 Å². The maximum absolute atomic E-state index is 12.7. The van der Waals surface area contributed by atoms with Crippen molar-refractivity contribution in [3.05, 3.63) is 58.1 Å². The molecule has 2 aromatic rings. The number of halogens is 1. The quantitative estimate of drug-likeness (QED) is 0.902. The van der Waals surface area contributed by atoms with Gasteiger partial charge in [0.2, 0.25) is 5.91 Å². The first kappa shape index (κ1) is 16.5. The monoisotopic (exact) mass is 342 g/mol. The number of carbonyl (C=O) groups excluding carboxylic acids is 2. The Labute approximate surface area is 146 Å². The molecule has 0 radical (unpaired) electrons. The van der Waals surface area contributed by atoms with E-state index in [1.165, 1.54) is 5.56 Å². The van der Waals surface area contributed by atoms with E-state index < -0.39 is 0 Å². The molecule has 2 aromatic carbocycles. The number of hydrogen-bond donors (Lipinski definition) is 1. The van der Waals surface area contributed by atoms with Crippen LogP contribution >= 0.6 is 11.6 Å². The minimum Gasteiger partial charge on any atom is -0.322 e. The summed E-state index contributed by atoms with van der Waals surface area (Å²) in [5.74, 6) is -0.220. The van der Waals surface area contributed by atoms with Gasteiger partial charge in [0.15, 0.2) is 0 Å². The van der Waals surface area contributed by atoms with Gasteiger partial charge >= 0.3 is 0 Å². The van der Waals surface area contributed by atoms with Crippen LogP contribution in [-0.2, 0) is 4.79 Å². The van der Waals surface area contributed by atoms with Crippen LogP contribution < -0.4 is 10.2 Å². The lowest BCUT2D eigenvalue weighted by molar-refractivity contribution is -0.117. The van der Waals surface area contributed by atoms with Gasteiger partial charge in [-0.25, -0.2) is 0 Å². The predicted molar refractivity (Wildman–Crippen MR) is 96.9 cm³/mol. The van der Waals surface area contributed by atoms with Crippen molar-refractivity contribution in [3.8, 4) is 0 Å². The summed E-state index contributed by atoms with van der Waals surface area (Å²) < 4.78 is 0. The van der Waals surface area contributed by atoms with E-state index in [0.29, 0.717) is 29.2 Å². The van der Waals surface area contributed by atoms with Crippen molar-refractivity contribution in [3.63, 3.8) is 0 Å². The Balaban J connectivity index is 1.91. The Kier molecular flexibility index (Phi) is 4.58. The van der Waals surface area contributed by atoms with Gasteiger partial charge in [-0.3, -0.25) is 9.59 Å². The number of amides is 2. The molecule has 1 fully saturated rings. The summed E-state index contributed by atoms with van der Waals surface area (Å²) in [7, 11) is 0. The second kappa shape index (κ2) is 6.65. The van der Waals surface area contributed by atoms with Crippen molar-refractivity contribution in [1.82, 2.24) is 0 Å². The van der Waals surface area contributed by atoms with Gasteiger partial charge < -0.3 is 10.2 Å². The molecule has 1 aliphatic rings. The molecule has 0 atom stereocenters. The molecule has 1 N–H and O–H groups in total. The van der Waals surface area contributed by atoms with Crippen LogP contribution in [0.5, 0.6) is 0 Å². The van der Waals surface area contributed by atoms with Crippen LogP contribution in [0.3, 0.4) is 0 Å². The highest BCUT2D eigenvalue weighted by Gasteiger charge is 2.26. The first-order valence-electron chi connectivity index (χ1n) is 7.94. The van der Waals surface area contributed by atoms with E-state index in [-0.39, 0.29) is 11.8 Å². The number of rotatable bonds is 3. The van der Waals surface area contributed by atoms with Crippen molar-refractivity contribution in [2.45, 2.75) is 26.7 Å². The van der Waals surface area contributed by atoms with E-state index in [0.717, 1.165) is 17.7 Å². The van der Waals surface area contributed by atoms with Crippen LogP contribution in [0.4, 0.5) is 11.4 Å². The molecule has 0 bridgehead atoms. The molecule has 0 aliphatic carbocycles. The molecular weight excluding hydrogens is 324 g/mol. The minimum absolute atomic E-state index is 0.0255. The highest BCUT2D eigenvalue weighted by atomic mass is 35.5. The van der Waals surface area contributed by atoms with Crippen LogP contribution in [-0.4, -0.2) is 18.4 Å². The summed E-state index contributed by atoms with van der Waals surface area (Å²) in [6.07, 6.45) is 1.30. The highest BCUT2D eigenvalue weighted by molar-refractivity contribution is 6.31. The molecule has 1 heterocycles. The normalized spacial score (nSPS) is 14.1. The number of nitrogens with one attached hydrogen (secondary N) is 1. The molecular formula is C19H19ClN2O2. The molecule has 0 aromatic heterocycles. The van der Waals surface area contributed by atoms with Gasteiger partial charge in [-0.15, -0.1) is 0 Å². The third kappa shape index (κ3) is 3.29. The average Bonchev–Trinajstić information content (AvgIpc) is 2.96. The van der Waals surface area contributed by atoms with E-state index in [1.807, 2.05) is 32.0 Å². The summed E-state index contributed by atoms with van der Waals surface area (Å²) in [5, 5.41) is 3.41. The van der Waals surface area contributed by atoms with Gasteiger partial charge in [-0.2, -0.15) is 0 Å². The van der Waals surface area contributed by atoms with Crippen molar-refractivity contribution in [2.75, 3.05) is 16.8 Å². The van der Waals surface area contributed by atoms with E-state index >= 15 is 0 Å². The molecule has 124 valence electrons. The van der Waals surface area contributed by atoms with E-state index in [1.54, 1.807) is 23.1 Å². The third-order valence-electron chi connectivity index (χ3n) is 4.33. The molecule has 4 nitrogen and oxygen atoms in total. The Morgan fingerprint density at radius 3 is 2.58 bits per heavy atom. The van der Waals surface area contributed by atoms with Gasteiger partial charge in [0.25, 0.3) is 5.91 Å². The fourth-order valence-corrected chi connectivity index (χ4v) is 3.01. The lowest BCUT2D eigenvalue weighted by Gasteiger charge is -2.20. The number of aryl methyl sites for hydroxylation is 2. The van der Waals surface area contributed by atoms with Crippen LogP contribution in [0.15, 0.2) is 36.4 Å². The molecule has 3 rings (SSSR count). The van der Waals surface area contributed by atoms with Crippen molar-refractivity contribution < 1.29 is 9.59 Å². The second-order valence-electron chi connectivity index (χ2n) is 6.06. The molecule has 24 heavy (non-hydrogen) atoms. The zero-order chi connectivity index (χ0) is 17.3. The van der Waals surface area contributed by atoms with Crippen molar-refractivity contribution >= 4 is 34.8 Å². The molecule has 2 amide bonds. The number of carbonyl (C=O) groups is 2. The lowest BCUT2D eigenvalue weighted by atomic mass is 10.1. The van der Waals surface area contributed by atoms with E-state index in [4.69, 9.17) is 11.6 Å². The SMILES string of the molecule is Cc1ccc(NC(=O)c2ccc(Cl)cc2N2CCCC2=O)cc1C. The zero-order valence-corrected chi connectivity index (χ0v) is 14.5. The van der Waals surface area contributed by atoms with Gasteiger partial charge in [-0.05, 0) is 61.7 Å². The van der Waals surface area contributed by atoms with Crippen LogP contribution in [0.25, 0.3) is 0 Å². The summed E-state index contributed by atoms with van der Waals surface area (Å²) in [6, 6.07) is 10.8. The third-order valence-corrected chi connectivity index (χ3v) is 4.57. The first-order valence-corrected chi connectivity index (χ1v) is 8.32. The molecule has 1 saturated heterocycles. The summed E-state index contributed by atoms with van der Waals surface area (Å²) >= 11 is 6.08. The standard InChI is InChI=1S/C19H19ClN2O2/c1-12-5-7-15(10-13(12)2)21-19(24)16-8-6-14(20)11-17(16)22-9-3-4-18(22)23/h5-8,10-11H,3-4,9H2,1-2H3,(H,21,24). The van der Waals surface area contributed by atoms with Gasteiger partial charge in [0.1, 0.15) is 0 Å². The molecule has 0 unspecified atom stereocenters. The second-order valence-corrected chi connectivity index (χ2v) is 6.50. The number of nitrogens with zero attached hydrogens (tertiary/aromatic N) is 1. The van der Waals surface area contributed by atoms with Gasteiger partial charge in [-0.1, -0.05) is 17.7 Å². The maximum atomic E-state index is 12.7. The minimum atomic E-state index is -0.246. The average molecular weight is 343 g/mol.